The van der Waals surface area contributed by atoms with Crippen LogP contribution in [0, 0.1) is 0 Å². The highest BCUT2D eigenvalue weighted by Gasteiger charge is 2.39. The lowest BCUT2D eigenvalue weighted by molar-refractivity contribution is 0.0890. The summed E-state index contributed by atoms with van der Waals surface area (Å²) >= 11 is 3.47. The molecule has 2 aromatic rings. The molecule has 2 aliphatic rings. The molecule has 0 amide bonds. The Morgan fingerprint density at radius 3 is 2.38 bits per heavy atom. The smallest absolute Gasteiger partial charge is 0.178 e. The van der Waals surface area contributed by atoms with Gasteiger partial charge in [0.05, 0.1) is 11.1 Å². The number of rotatable bonds is 1. The number of Topliss-reactive ketones (excluding diaryl/α,β-unsaturated/α-hetero) is 2. The molecule has 0 N–H and O–H groups in total. The van der Waals surface area contributed by atoms with E-state index in [0.29, 0.717) is 17.7 Å². The fourth-order valence-electron chi connectivity index (χ4n) is 3.10. The number of hydrogen-bond donors (Lipinski definition) is 0. The molecule has 1 aliphatic heterocycles. The van der Waals surface area contributed by atoms with Crippen LogP contribution in [-0.4, -0.2) is 18.2 Å². The van der Waals surface area contributed by atoms with Gasteiger partial charge in [0.25, 0.3) is 0 Å². The Hall–Kier alpha value is -1.94. The first kappa shape index (κ1) is 12.8. The summed E-state index contributed by atoms with van der Waals surface area (Å²) in [6.07, 6.45) is 0.809. The van der Waals surface area contributed by atoms with Crippen molar-refractivity contribution in [2.24, 2.45) is 0 Å². The molecule has 3 nitrogen and oxygen atoms in total. The minimum Gasteiger partial charge on any atom is -0.492 e. The van der Waals surface area contributed by atoms with E-state index in [-0.39, 0.29) is 11.6 Å². The van der Waals surface area contributed by atoms with E-state index in [1.165, 1.54) is 0 Å². The van der Waals surface area contributed by atoms with Gasteiger partial charge in [-0.25, -0.2) is 0 Å². The van der Waals surface area contributed by atoms with Gasteiger partial charge in [-0.05, 0) is 33.1 Å². The van der Waals surface area contributed by atoms with Gasteiger partial charge in [-0.15, -0.1) is 0 Å². The zero-order chi connectivity index (χ0) is 14.6. The molecular formula is C17H11BrO3. The zero-order valence-electron chi connectivity index (χ0n) is 11.1. The molecule has 1 heterocycles. The average Bonchev–Trinajstić information content (AvgIpc) is 3.04. The third kappa shape index (κ3) is 1.79. The predicted octanol–water partition coefficient (Wildman–Crippen LogP) is 3.55. The molecule has 4 heteroatoms. The number of carbonyl (C=O) groups excluding carboxylic acids is 2. The van der Waals surface area contributed by atoms with E-state index in [4.69, 9.17) is 4.74 Å². The first-order chi connectivity index (χ1) is 10.2. The molecule has 1 aliphatic carbocycles. The van der Waals surface area contributed by atoms with Gasteiger partial charge in [0, 0.05) is 17.5 Å². The fraction of sp³-hybridized carbons (Fsp3) is 0.176. The van der Waals surface area contributed by atoms with Crippen molar-refractivity contribution in [2.45, 2.75) is 12.3 Å². The quantitative estimate of drug-likeness (QED) is 0.744. The van der Waals surface area contributed by atoms with Crippen LogP contribution in [-0.2, 0) is 6.42 Å². The third-order valence-electron chi connectivity index (χ3n) is 4.08. The second-order valence-corrected chi connectivity index (χ2v) is 6.15. The molecule has 0 unspecified atom stereocenters. The summed E-state index contributed by atoms with van der Waals surface area (Å²) in [6, 6.07) is 10.8. The SMILES string of the molecule is O=C1c2ccccc2C(=O)C1c1cc(Br)c2c(c1)CCO2. The summed E-state index contributed by atoms with van der Waals surface area (Å²) in [4.78, 5) is 25.1. The Balaban J connectivity index is 1.84. The van der Waals surface area contributed by atoms with Crippen LogP contribution < -0.4 is 4.74 Å². The van der Waals surface area contributed by atoms with Crippen molar-refractivity contribution in [2.75, 3.05) is 6.61 Å². The Morgan fingerprint density at radius 1 is 1.05 bits per heavy atom. The van der Waals surface area contributed by atoms with Gasteiger partial charge < -0.3 is 4.74 Å². The second kappa shape index (κ2) is 4.53. The molecule has 21 heavy (non-hydrogen) atoms. The molecule has 0 spiro atoms. The van der Waals surface area contributed by atoms with Crippen molar-refractivity contribution in [3.05, 3.63) is 63.1 Å². The predicted molar refractivity (Wildman–Crippen MR) is 81.2 cm³/mol. The van der Waals surface area contributed by atoms with E-state index in [1.54, 1.807) is 24.3 Å². The van der Waals surface area contributed by atoms with E-state index in [2.05, 4.69) is 15.9 Å². The first-order valence-electron chi connectivity index (χ1n) is 6.79. The number of ketones is 2. The maximum atomic E-state index is 12.6. The van der Waals surface area contributed by atoms with Gasteiger partial charge in [0.1, 0.15) is 11.7 Å². The van der Waals surface area contributed by atoms with Crippen molar-refractivity contribution in [1.29, 1.82) is 0 Å². The van der Waals surface area contributed by atoms with Crippen molar-refractivity contribution >= 4 is 27.5 Å². The number of ether oxygens (including phenoxy) is 1. The summed E-state index contributed by atoms with van der Waals surface area (Å²) in [6.45, 7) is 0.643. The zero-order valence-corrected chi connectivity index (χ0v) is 12.6. The number of benzene rings is 2. The number of halogens is 1. The third-order valence-corrected chi connectivity index (χ3v) is 4.67. The van der Waals surface area contributed by atoms with Crippen LogP contribution in [0.1, 0.15) is 37.8 Å². The number of fused-ring (bicyclic) bond motifs is 2. The fourth-order valence-corrected chi connectivity index (χ4v) is 3.73. The average molecular weight is 343 g/mol. The maximum Gasteiger partial charge on any atom is 0.178 e. The van der Waals surface area contributed by atoms with E-state index in [9.17, 15) is 9.59 Å². The summed E-state index contributed by atoms with van der Waals surface area (Å²) < 4.78 is 6.35. The molecule has 4 rings (SSSR count). The highest BCUT2D eigenvalue weighted by molar-refractivity contribution is 9.10. The van der Waals surface area contributed by atoms with Crippen LogP contribution in [0.25, 0.3) is 0 Å². The Kier molecular flexibility index (Phi) is 2.76. The van der Waals surface area contributed by atoms with Crippen LogP contribution in [0.2, 0.25) is 0 Å². The molecule has 0 saturated heterocycles. The Morgan fingerprint density at radius 2 is 1.71 bits per heavy atom. The Labute approximate surface area is 130 Å². The van der Waals surface area contributed by atoms with Gasteiger partial charge in [-0.2, -0.15) is 0 Å². The first-order valence-corrected chi connectivity index (χ1v) is 7.58. The van der Waals surface area contributed by atoms with E-state index in [1.807, 2.05) is 12.1 Å². The molecule has 2 aromatic carbocycles. The summed E-state index contributed by atoms with van der Waals surface area (Å²) in [7, 11) is 0. The van der Waals surface area contributed by atoms with E-state index in [0.717, 1.165) is 27.8 Å². The van der Waals surface area contributed by atoms with Gasteiger partial charge in [0.15, 0.2) is 11.6 Å². The minimum atomic E-state index is -0.718. The highest BCUT2D eigenvalue weighted by atomic mass is 79.9. The Bertz CT molecular complexity index is 760. The van der Waals surface area contributed by atoms with Crippen LogP contribution in [0.5, 0.6) is 5.75 Å². The van der Waals surface area contributed by atoms with Crippen molar-refractivity contribution < 1.29 is 14.3 Å². The largest absolute Gasteiger partial charge is 0.492 e. The van der Waals surface area contributed by atoms with Crippen LogP contribution in [0.15, 0.2) is 40.9 Å². The molecule has 0 radical (unpaired) electrons. The standard InChI is InChI=1S/C17H11BrO3/c18-13-8-10(7-9-5-6-21-17(9)13)14-15(19)11-3-1-2-4-12(11)16(14)20/h1-4,7-8,14H,5-6H2. The van der Waals surface area contributed by atoms with Crippen molar-refractivity contribution in [1.82, 2.24) is 0 Å². The van der Waals surface area contributed by atoms with E-state index >= 15 is 0 Å². The van der Waals surface area contributed by atoms with Crippen LogP contribution in [0.4, 0.5) is 0 Å². The second-order valence-electron chi connectivity index (χ2n) is 5.30. The molecule has 0 fully saturated rings. The van der Waals surface area contributed by atoms with Gasteiger partial charge in [-0.3, -0.25) is 9.59 Å². The minimum absolute atomic E-state index is 0.110. The van der Waals surface area contributed by atoms with E-state index < -0.39 is 5.92 Å². The molecule has 0 aromatic heterocycles. The van der Waals surface area contributed by atoms with Gasteiger partial charge in [-0.1, -0.05) is 30.3 Å². The molecule has 104 valence electrons. The molecule has 0 bridgehead atoms. The van der Waals surface area contributed by atoms with Crippen molar-refractivity contribution in [3.63, 3.8) is 0 Å². The van der Waals surface area contributed by atoms with Crippen molar-refractivity contribution in [3.8, 4) is 5.75 Å². The number of carbonyl (C=O) groups is 2. The lowest BCUT2D eigenvalue weighted by Crippen LogP contribution is -2.13. The lowest BCUT2D eigenvalue weighted by Gasteiger charge is -2.11. The highest BCUT2D eigenvalue weighted by Crippen LogP contribution is 2.40. The number of hydrogen-bond acceptors (Lipinski definition) is 3. The van der Waals surface area contributed by atoms with Gasteiger partial charge >= 0.3 is 0 Å². The summed E-state index contributed by atoms with van der Waals surface area (Å²) in [5.41, 5.74) is 2.86. The lowest BCUT2D eigenvalue weighted by atomic mass is 9.92. The molecular weight excluding hydrogens is 332 g/mol. The van der Waals surface area contributed by atoms with Gasteiger partial charge in [0.2, 0.25) is 0 Å². The normalized spacial score (nSPS) is 16.8. The summed E-state index contributed by atoms with van der Waals surface area (Å²) in [5.74, 6) is -0.110. The topological polar surface area (TPSA) is 43.4 Å². The maximum absolute atomic E-state index is 12.6. The molecule has 0 atom stereocenters. The summed E-state index contributed by atoms with van der Waals surface area (Å²) in [5, 5.41) is 0. The monoisotopic (exact) mass is 342 g/mol. The molecule has 0 saturated carbocycles. The van der Waals surface area contributed by atoms with Crippen LogP contribution in [0.3, 0.4) is 0 Å². The van der Waals surface area contributed by atoms with Crippen LogP contribution >= 0.6 is 15.9 Å².